The Hall–Kier alpha value is -4.87. The van der Waals surface area contributed by atoms with Crippen LogP contribution in [-0.4, -0.2) is 29.4 Å². The van der Waals surface area contributed by atoms with Crippen molar-refractivity contribution in [3.63, 3.8) is 0 Å². The molecule has 0 saturated heterocycles. The zero-order chi connectivity index (χ0) is 32.9. The number of ether oxygens (including phenoxy) is 2. The van der Waals surface area contributed by atoms with E-state index in [1.165, 1.54) is 4.67 Å². The first kappa shape index (κ1) is 32.5. The van der Waals surface area contributed by atoms with E-state index in [-0.39, 0.29) is 5.91 Å². The Morgan fingerprint density at radius 3 is 1.85 bits per heavy atom. The highest BCUT2D eigenvalue weighted by molar-refractivity contribution is 7.77. The number of methoxy groups -OCH3 is 1. The Morgan fingerprint density at radius 1 is 0.739 bits per heavy atom. The van der Waals surface area contributed by atoms with E-state index in [0.29, 0.717) is 27.6 Å². The number of rotatable bonds is 9. The number of anilines is 1. The number of carbonyl (C=O) groups excluding carboxylic acids is 2. The van der Waals surface area contributed by atoms with Gasteiger partial charge in [-0.3, -0.25) is 9.36 Å². The summed E-state index contributed by atoms with van der Waals surface area (Å²) in [6.07, 6.45) is -0.787. The number of hydrogen-bond acceptors (Lipinski definition) is 5. The van der Waals surface area contributed by atoms with Crippen LogP contribution in [-0.2, 0) is 14.1 Å². The van der Waals surface area contributed by atoms with E-state index in [9.17, 15) is 9.59 Å². The normalized spacial score (nSPS) is 13.0. The van der Waals surface area contributed by atoms with E-state index >= 15 is 4.57 Å². The van der Waals surface area contributed by atoms with Crippen LogP contribution in [0.15, 0.2) is 127 Å². The molecule has 2 atom stereocenters. The number of hydrogen-bond donors (Lipinski definition) is 1. The third-order valence-corrected chi connectivity index (χ3v) is 10.8. The molecule has 46 heavy (non-hydrogen) atoms. The van der Waals surface area contributed by atoms with Gasteiger partial charge in [-0.05, 0) is 85.6 Å². The van der Waals surface area contributed by atoms with Crippen molar-refractivity contribution in [3.8, 4) is 5.75 Å². The number of nitrogens with one attached hydrogen (secondary N) is 1. The molecule has 0 radical (unpaired) electrons. The summed E-state index contributed by atoms with van der Waals surface area (Å²) in [5.74, 6) is -0.590. The van der Waals surface area contributed by atoms with Crippen LogP contribution >= 0.6 is 7.29 Å². The summed E-state index contributed by atoms with van der Waals surface area (Å²) in [6.45, 7) is 7.06. The highest BCUT2D eigenvalue weighted by Crippen LogP contribution is 2.55. The van der Waals surface area contributed by atoms with Crippen LogP contribution in [0.5, 0.6) is 5.75 Å². The molecule has 7 nitrogen and oxygen atoms in total. The van der Waals surface area contributed by atoms with Crippen LogP contribution in [0.25, 0.3) is 10.8 Å². The van der Waals surface area contributed by atoms with Gasteiger partial charge in [0, 0.05) is 16.3 Å². The molecule has 0 aliphatic heterocycles. The number of nitrogens with zero attached hydrogens (tertiary/aromatic N) is 1. The summed E-state index contributed by atoms with van der Waals surface area (Å²) in [4.78, 5) is 28.9. The second-order valence-electron chi connectivity index (χ2n) is 12.1. The Morgan fingerprint density at radius 2 is 1.28 bits per heavy atom. The van der Waals surface area contributed by atoms with Crippen LogP contribution < -0.4 is 20.7 Å². The topological polar surface area (TPSA) is 84.9 Å². The molecule has 0 fully saturated rings. The van der Waals surface area contributed by atoms with E-state index in [1.807, 2.05) is 54.6 Å². The fourth-order valence-electron chi connectivity index (χ4n) is 5.57. The largest absolute Gasteiger partial charge is 0.497 e. The van der Waals surface area contributed by atoms with Crippen molar-refractivity contribution in [2.75, 3.05) is 12.4 Å². The summed E-state index contributed by atoms with van der Waals surface area (Å²) in [6, 6.07) is 37.4. The molecule has 1 N–H and O–H groups in total. The molecule has 0 aromatic heterocycles. The smallest absolute Gasteiger partial charge is 0.416 e. The fourth-order valence-corrected chi connectivity index (χ4v) is 8.46. The van der Waals surface area contributed by atoms with Gasteiger partial charge in [-0.15, -0.1) is 0 Å². The van der Waals surface area contributed by atoms with Crippen molar-refractivity contribution in [3.05, 3.63) is 133 Å². The van der Waals surface area contributed by atoms with Crippen LogP contribution in [0, 0.1) is 5.92 Å². The molecule has 0 saturated carbocycles. The second kappa shape index (κ2) is 13.6. The average Bonchev–Trinajstić information content (AvgIpc) is 3.06. The highest BCUT2D eigenvalue weighted by Gasteiger charge is 2.48. The molecule has 5 aromatic rings. The summed E-state index contributed by atoms with van der Waals surface area (Å²) >= 11 is 0. The minimum absolute atomic E-state index is 0.357. The zero-order valence-electron chi connectivity index (χ0n) is 26.7. The number of carbonyl (C=O) groups is 2. The molecule has 2 amide bonds. The molecular weight excluding hydrogens is 595 g/mol. The maximum absolute atomic E-state index is 16.0. The number of fused-ring (bicyclic) bond motifs is 1. The highest BCUT2D eigenvalue weighted by atomic mass is 31.2. The quantitative estimate of drug-likeness (QED) is 0.165. The third kappa shape index (κ3) is 6.85. The average molecular weight is 635 g/mol. The summed E-state index contributed by atoms with van der Waals surface area (Å²) in [5, 5.41) is 5.65. The van der Waals surface area contributed by atoms with Gasteiger partial charge >= 0.3 is 6.09 Å². The SMILES string of the molecule is COc1ccc(NC(=O)[C@H](C)[C@@H](c2cccc3ccccc23)N(C(=O)OC(C)(C)C)P(=O)(c2ccccc2)c2ccccc2)cc1. The first-order chi connectivity index (χ1) is 22.0. The number of amides is 2. The molecule has 236 valence electrons. The monoisotopic (exact) mass is 634 g/mol. The lowest BCUT2D eigenvalue weighted by Crippen LogP contribution is -2.46. The molecule has 5 rings (SSSR count). The lowest BCUT2D eigenvalue weighted by atomic mass is 9.90. The van der Waals surface area contributed by atoms with Gasteiger partial charge in [-0.1, -0.05) is 85.8 Å². The van der Waals surface area contributed by atoms with Gasteiger partial charge in [-0.25, -0.2) is 9.46 Å². The van der Waals surface area contributed by atoms with Crippen molar-refractivity contribution in [1.29, 1.82) is 0 Å². The van der Waals surface area contributed by atoms with Crippen molar-refractivity contribution in [2.45, 2.75) is 39.3 Å². The predicted molar refractivity (Wildman–Crippen MR) is 185 cm³/mol. The third-order valence-electron chi connectivity index (χ3n) is 7.75. The second-order valence-corrected chi connectivity index (χ2v) is 14.7. The number of benzene rings is 5. The molecule has 0 unspecified atom stereocenters. The standard InChI is InChI=1S/C38H39N2O5P/c1-27(36(41)39-29-23-25-30(44-5)26-24-29)35(34-22-14-16-28-15-12-13-21-33(28)34)40(37(42)45-38(2,3)4)46(43,31-17-8-6-9-18-31)32-19-10-7-11-20-32/h6-27,35H,1-5H3,(H,39,41)/t27-,35+/m1/s1. The van der Waals surface area contributed by atoms with Crippen LogP contribution in [0.3, 0.4) is 0 Å². The zero-order valence-corrected chi connectivity index (χ0v) is 27.6. The van der Waals surface area contributed by atoms with Gasteiger partial charge < -0.3 is 14.8 Å². The lowest BCUT2D eigenvalue weighted by molar-refractivity contribution is -0.120. The lowest BCUT2D eigenvalue weighted by Gasteiger charge is -2.41. The Labute approximate surface area is 270 Å². The molecule has 0 spiro atoms. The summed E-state index contributed by atoms with van der Waals surface area (Å²) < 4.78 is 28.7. The van der Waals surface area contributed by atoms with E-state index < -0.39 is 30.9 Å². The van der Waals surface area contributed by atoms with Crippen molar-refractivity contribution in [1.82, 2.24) is 4.67 Å². The van der Waals surface area contributed by atoms with E-state index in [0.717, 1.165) is 10.8 Å². The van der Waals surface area contributed by atoms with Crippen LogP contribution in [0.2, 0.25) is 0 Å². The van der Waals surface area contributed by atoms with E-state index in [4.69, 9.17) is 9.47 Å². The van der Waals surface area contributed by atoms with Gasteiger partial charge in [0.25, 0.3) is 0 Å². The first-order valence-electron chi connectivity index (χ1n) is 15.2. The Kier molecular flexibility index (Phi) is 9.64. The molecule has 0 aliphatic carbocycles. The molecule has 8 heteroatoms. The molecule has 5 aromatic carbocycles. The minimum Gasteiger partial charge on any atom is -0.497 e. The minimum atomic E-state index is -4.00. The van der Waals surface area contributed by atoms with Crippen molar-refractivity contribution < 1.29 is 23.6 Å². The maximum Gasteiger partial charge on any atom is 0.416 e. The Balaban J connectivity index is 1.78. The fraction of sp³-hybridized carbons (Fsp3) is 0.211. The van der Waals surface area contributed by atoms with Gasteiger partial charge in [-0.2, -0.15) is 0 Å². The van der Waals surface area contributed by atoms with Crippen LogP contribution in [0.4, 0.5) is 10.5 Å². The van der Waals surface area contributed by atoms with Gasteiger partial charge in [0.15, 0.2) is 0 Å². The van der Waals surface area contributed by atoms with E-state index in [2.05, 4.69) is 5.32 Å². The summed E-state index contributed by atoms with van der Waals surface area (Å²) in [5.41, 5.74) is 0.326. The summed E-state index contributed by atoms with van der Waals surface area (Å²) in [7, 11) is -2.42. The van der Waals surface area contributed by atoms with Crippen molar-refractivity contribution >= 4 is 46.4 Å². The van der Waals surface area contributed by atoms with Gasteiger partial charge in [0.1, 0.15) is 11.4 Å². The molecule has 0 heterocycles. The molecule has 0 aliphatic rings. The van der Waals surface area contributed by atoms with Gasteiger partial charge in [0.2, 0.25) is 13.2 Å². The van der Waals surface area contributed by atoms with Gasteiger partial charge in [0.05, 0.1) is 19.1 Å². The van der Waals surface area contributed by atoms with Crippen LogP contribution in [0.1, 0.15) is 39.3 Å². The van der Waals surface area contributed by atoms with Crippen molar-refractivity contribution in [2.24, 2.45) is 5.92 Å². The molecule has 0 bridgehead atoms. The maximum atomic E-state index is 16.0. The first-order valence-corrected chi connectivity index (χ1v) is 16.9. The molecular formula is C38H39N2O5P. The van der Waals surface area contributed by atoms with E-state index in [1.54, 1.807) is 108 Å². The predicted octanol–water partition coefficient (Wildman–Crippen LogP) is 8.33. The Bertz CT molecular complexity index is 1810.